The Morgan fingerprint density at radius 2 is 1.91 bits per heavy atom. The molecular formula is C20H30O3. The minimum atomic E-state index is -0.331. The van der Waals surface area contributed by atoms with Crippen molar-refractivity contribution < 1.29 is 14.3 Å². The lowest BCUT2D eigenvalue weighted by atomic mass is 9.46. The van der Waals surface area contributed by atoms with Crippen LogP contribution in [0.1, 0.15) is 65.7 Å². The first-order valence-corrected chi connectivity index (χ1v) is 9.12. The number of allylic oxidation sites excluding steroid dienone is 1. The van der Waals surface area contributed by atoms with Gasteiger partial charge in [-0.1, -0.05) is 27.2 Å². The van der Waals surface area contributed by atoms with Crippen molar-refractivity contribution in [1.82, 2.24) is 0 Å². The van der Waals surface area contributed by atoms with Gasteiger partial charge in [0.15, 0.2) is 5.78 Å². The first kappa shape index (κ1) is 16.7. The fraction of sp³-hybridized carbons (Fsp3) is 0.800. The fourth-order valence-electron chi connectivity index (χ4n) is 6.16. The van der Waals surface area contributed by atoms with Gasteiger partial charge in [0.2, 0.25) is 0 Å². The van der Waals surface area contributed by atoms with Gasteiger partial charge < -0.3 is 4.74 Å². The van der Waals surface area contributed by atoms with Crippen LogP contribution in [-0.4, -0.2) is 18.9 Å². The van der Waals surface area contributed by atoms with E-state index in [4.69, 9.17) is 4.74 Å². The summed E-state index contributed by atoms with van der Waals surface area (Å²) in [5.41, 5.74) is 1.17. The third-order valence-electron chi connectivity index (χ3n) is 7.23. The molecular weight excluding hydrogens is 288 g/mol. The maximum atomic E-state index is 12.8. The minimum Gasteiger partial charge on any atom is -0.466 e. The number of ketones is 1. The van der Waals surface area contributed by atoms with Crippen LogP contribution in [0.4, 0.5) is 0 Å². The van der Waals surface area contributed by atoms with Crippen molar-refractivity contribution in [2.24, 2.45) is 28.6 Å². The molecule has 0 heterocycles. The van der Waals surface area contributed by atoms with Crippen molar-refractivity contribution in [1.29, 1.82) is 0 Å². The average Bonchev–Trinajstić information content (AvgIpc) is 2.66. The van der Waals surface area contributed by atoms with E-state index in [1.165, 1.54) is 26.4 Å². The molecule has 3 rings (SSSR count). The van der Waals surface area contributed by atoms with Crippen LogP contribution in [0.2, 0.25) is 0 Å². The molecule has 0 aromatic carbocycles. The lowest BCUT2D eigenvalue weighted by molar-refractivity contribution is -0.136. The van der Waals surface area contributed by atoms with Crippen molar-refractivity contribution in [3.05, 3.63) is 11.6 Å². The van der Waals surface area contributed by atoms with Gasteiger partial charge in [-0.15, -0.1) is 0 Å². The SMILES string of the molecule is COC(=O)C1=CC(=O)C2CCC3C(C)(C)CCCC3(C)C2CC1. The summed E-state index contributed by atoms with van der Waals surface area (Å²) in [5.74, 6) is 1.04. The van der Waals surface area contributed by atoms with Crippen molar-refractivity contribution in [2.45, 2.75) is 65.7 Å². The summed E-state index contributed by atoms with van der Waals surface area (Å²) in [4.78, 5) is 24.7. The van der Waals surface area contributed by atoms with E-state index >= 15 is 0 Å². The Kier molecular flexibility index (Phi) is 4.18. The standard InChI is InChI=1S/C20H30O3/c1-19(2)10-5-11-20(3)15-8-6-13(18(22)23-4)12-16(21)14(15)7-9-17(19)20/h12,14-15,17H,5-11H2,1-4H3. The van der Waals surface area contributed by atoms with Crippen LogP contribution in [0.5, 0.6) is 0 Å². The van der Waals surface area contributed by atoms with E-state index in [9.17, 15) is 9.59 Å². The molecule has 3 aliphatic rings. The van der Waals surface area contributed by atoms with Gasteiger partial charge in [0, 0.05) is 11.5 Å². The molecule has 0 saturated heterocycles. The van der Waals surface area contributed by atoms with Crippen LogP contribution in [0.15, 0.2) is 11.6 Å². The van der Waals surface area contributed by atoms with E-state index in [1.807, 2.05) is 0 Å². The van der Waals surface area contributed by atoms with Gasteiger partial charge in [0.05, 0.1) is 7.11 Å². The smallest absolute Gasteiger partial charge is 0.333 e. The van der Waals surface area contributed by atoms with E-state index in [0.717, 1.165) is 19.3 Å². The van der Waals surface area contributed by atoms with Gasteiger partial charge in [0.25, 0.3) is 0 Å². The maximum absolute atomic E-state index is 12.8. The highest BCUT2D eigenvalue weighted by Crippen LogP contribution is 2.62. The second-order valence-electron chi connectivity index (χ2n) is 8.79. The highest BCUT2D eigenvalue weighted by Gasteiger charge is 2.55. The largest absolute Gasteiger partial charge is 0.466 e. The van der Waals surface area contributed by atoms with E-state index in [-0.39, 0.29) is 23.1 Å². The molecule has 0 spiro atoms. The van der Waals surface area contributed by atoms with Crippen LogP contribution in [0.3, 0.4) is 0 Å². The molecule has 23 heavy (non-hydrogen) atoms. The Morgan fingerprint density at radius 1 is 1.17 bits per heavy atom. The van der Waals surface area contributed by atoms with Gasteiger partial charge in [-0.2, -0.15) is 0 Å². The van der Waals surface area contributed by atoms with Gasteiger partial charge >= 0.3 is 5.97 Å². The lowest BCUT2D eigenvalue weighted by Gasteiger charge is -2.59. The van der Waals surface area contributed by atoms with Crippen LogP contribution in [-0.2, 0) is 14.3 Å². The number of hydrogen-bond donors (Lipinski definition) is 0. The van der Waals surface area contributed by atoms with Crippen molar-refractivity contribution in [3.63, 3.8) is 0 Å². The highest BCUT2D eigenvalue weighted by molar-refractivity contribution is 6.01. The van der Waals surface area contributed by atoms with E-state index in [2.05, 4.69) is 20.8 Å². The summed E-state index contributed by atoms with van der Waals surface area (Å²) in [6.07, 6.45) is 9.13. The van der Waals surface area contributed by atoms with Gasteiger partial charge in [-0.3, -0.25) is 4.79 Å². The molecule has 128 valence electrons. The molecule has 2 fully saturated rings. The number of fused-ring (bicyclic) bond motifs is 3. The first-order chi connectivity index (χ1) is 10.8. The molecule has 4 unspecified atom stereocenters. The molecule has 0 radical (unpaired) electrons. The van der Waals surface area contributed by atoms with Gasteiger partial charge in [0.1, 0.15) is 0 Å². The summed E-state index contributed by atoms with van der Waals surface area (Å²) >= 11 is 0. The zero-order valence-corrected chi connectivity index (χ0v) is 15.0. The number of hydrogen-bond acceptors (Lipinski definition) is 3. The molecule has 0 aliphatic heterocycles. The number of carbonyl (C=O) groups excluding carboxylic acids is 2. The monoisotopic (exact) mass is 318 g/mol. The Balaban J connectivity index is 1.92. The minimum absolute atomic E-state index is 0.104. The molecule has 0 aromatic rings. The number of esters is 1. The topological polar surface area (TPSA) is 43.4 Å². The summed E-state index contributed by atoms with van der Waals surface area (Å²) in [5, 5.41) is 0. The second kappa shape index (κ2) is 5.75. The summed E-state index contributed by atoms with van der Waals surface area (Å²) < 4.78 is 4.85. The third kappa shape index (κ3) is 2.66. The average molecular weight is 318 g/mol. The number of methoxy groups -OCH3 is 1. The predicted octanol–water partition coefficient (Wildman–Crippen LogP) is 4.31. The predicted molar refractivity (Wildman–Crippen MR) is 89.8 cm³/mol. The van der Waals surface area contributed by atoms with Crippen molar-refractivity contribution in [2.75, 3.05) is 7.11 Å². The lowest BCUT2D eigenvalue weighted by Crippen LogP contribution is -2.52. The quantitative estimate of drug-likeness (QED) is 0.677. The van der Waals surface area contributed by atoms with Crippen molar-refractivity contribution in [3.8, 4) is 0 Å². The van der Waals surface area contributed by atoms with Crippen molar-refractivity contribution >= 4 is 11.8 Å². The third-order valence-corrected chi connectivity index (χ3v) is 7.23. The molecule has 0 N–H and O–H groups in total. The van der Waals surface area contributed by atoms with Crippen LogP contribution < -0.4 is 0 Å². The van der Waals surface area contributed by atoms with E-state index in [0.29, 0.717) is 29.2 Å². The number of carbonyl (C=O) groups is 2. The molecule has 3 heteroatoms. The summed E-state index contributed by atoms with van der Waals surface area (Å²) in [6.45, 7) is 7.24. The van der Waals surface area contributed by atoms with Gasteiger partial charge in [-0.05, 0) is 67.3 Å². The first-order valence-electron chi connectivity index (χ1n) is 9.12. The number of ether oxygens (including phenoxy) is 1. The summed E-state index contributed by atoms with van der Waals surface area (Å²) in [7, 11) is 1.40. The molecule has 0 bridgehead atoms. The van der Waals surface area contributed by atoms with Crippen LogP contribution >= 0.6 is 0 Å². The molecule has 0 aromatic heterocycles. The van der Waals surface area contributed by atoms with Crippen LogP contribution in [0.25, 0.3) is 0 Å². The molecule has 3 aliphatic carbocycles. The molecule has 0 amide bonds. The number of rotatable bonds is 1. The Morgan fingerprint density at radius 3 is 2.61 bits per heavy atom. The second-order valence-corrected chi connectivity index (χ2v) is 8.79. The van der Waals surface area contributed by atoms with Gasteiger partial charge in [-0.25, -0.2) is 4.79 Å². The molecule has 2 saturated carbocycles. The van der Waals surface area contributed by atoms with E-state index < -0.39 is 0 Å². The molecule has 3 nitrogen and oxygen atoms in total. The fourth-order valence-corrected chi connectivity index (χ4v) is 6.16. The summed E-state index contributed by atoms with van der Waals surface area (Å²) in [6, 6.07) is 0. The Labute approximate surface area is 139 Å². The Bertz CT molecular complexity index is 545. The maximum Gasteiger partial charge on any atom is 0.333 e. The zero-order chi connectivity index (χ0) is 16.8. The van der Waals surface area contributed by atoms with E-state index in [1.54, 1.807) is 6.08 Å². The Hall–Kier alpha value is -1.12. The zero-order valence-electron chi connectivity index (χ0n) is 15.0. The molecule has 4 atom stereocenters. The highest BCUT2D eigenvalue weighted by atomic mass is 16.5. The normalized spacial score (nSPS) is 39.6. The van der Waals surface area contributed by atoms with Crippen LogP contribution in [0, 0.1) is 28.6 Å².